The van der Waals surface area contributed by atoms with E-state index in [0.29, 0.717) is 26.1 Å². The van der Waals surface area contributed by atoms with E-state index >= 15 is 0 Å². The first-order valence-electron chi connectivity index (χ1n) is 5.32. The van der Waals surface area contributed by atoms with Crippen molar-refractivity contribution < 1.29 is 14.3 Å². The van der Waals surface area contributed by atoms with Crippen LogP contribution in [0.15, 0.2) is 0 Å². The van der Waals surface area contributed by atoms with Crippen molar-refractivity contribution in [3.63, 3.8) is 0 Å². The van der Waals surface area contributed by atoms with E-state index in [-0.39, 0.29) is 5.91 Å². The summed E-state index contributed by atoms with van der Waals surface area (Å²) in [7, 11) is 1.59. The minimum Gasteiger partial charge on any atom is -0.378 e. The predicted octanol–water partition coefficient (Wildman–Crippen LogP) is 0.552. The van der Waals surface area contributed by atoms with Gasteiger partial charge in [-0.05, 0) is 13.8 Å². The van der Waals surface area contributed by atoms with E-state index in [1.807, 2.05) is 19.9 Å². The van der Waals surface area contributed by atoms with Gasteiger partial charge in [0.15, 0.2) is 6.10 Å². The molecule has 0 radical (unpaired) electrons. The Morgan fingerprint density at radius 3 is 2.94 bits per heavy atom. The number of ether oxygens (including phenoxy) is 2. The van der Waals surface area contributed by atoms with Gasteiger partial charge < -0.3 is 14.4 Å². The van der Waals surface area contributed by atoms with Crippen LogP contribution in [0.5, 0.6) is 0 Å². The molecule has 1 atom stereocenters. The Bertz CT molecular complexity index is 296. The molecule has 0 N–H and O–H groups in total. The second kappa shape index (κ2) is 5.28. The van der Waals surface area contributed by atoms with Gasteiger partial charge in [0.25, 0.3) is 0 Å². The molecule has 1 fully saturated rings. The summed E-state index contributed by atoms with van der Waals surface area (Å²) in [6.45, 7) is 5.07. The van der Waals surface area contributed by atoms with Crippen molar-refractivity contribution in [1.82, 2.24) is 4.90 Å². The van der Waals surface area contributed by atoms with E-state index in [1.165, 1.54) is 0 Å². The van der Waals surface area contributed by atoms with Gasteiger partial charge in [0.1, 0.15) is 0 Å². The molecule has 0 aromatic heterocycles. The second-order valence-electron chi connectivity index (χ2n) is 4.47. The molecule has 0 saturated carbocycles. The topological polar surface area (TPSA) is 62.6 Å². The van der Waals surface area contributed by atoms with Gasteiger partial charge in [-0.2, -0.15) is 5.26 Å². The molecule has 1 aliphatic rings. The Balaban J connectivity index is 2.51. The number of nitrogens with zero attached hydrogens (tertiary/aromatic N) is 2. The Morgan fingerprint density at radius 1 is 1.69 bits per heavy atom. The van der Waals surface area contributed by atoms with E-state index in [2.05, 4.69) is 0 Å². The van der Waals surface area contributed by atoms with Crippen LogP contribution in [0.2, 0.25) is 0 Å². The van der Waals surface area contributed by atoms with Gasteiger partial charge in [-0.15, -0.1) is 0 Å². The third-order valence-electron chi connectivity index (χ3n) is 2.69. The molecular weight excluding hydrogens is 208 g/mol. The zero-order valence-corrected chi connectivity index (χ0v) is 10.0. The third kappa shape index (κ3) is 3.47. The molecule has 1 unspecified atom stereocenters. The Morgan fingerprint density at radius 2 is 2.38 bits per heavy atom. The van der Waals surface area contributed by atoms with Crippen molar-refractivity contribution >= 4 is 5.91 Å². The third-order valence-corrected chi connectivity index (χ3v) is 2.69. The number of amides is 1. The van der Waals surface area contributed by atoms with Gasteiger partial charge in [0.05, 0.1) is 31.2 Å². The lowest BCUT2D eigenvalue weighted by molar-refractivity contribution is -0.142. The van der Waals surface area contributed by atoms with E-state index in [4.69, 9.17) is 14.7 Å². The van der Waals surface area contributed by atoms with E-state index in [1.54, 1.807) is 12.0 Å². The fraction of sp³-hybridized carbons (Fsp3) is 0.818. The molecule has 1 rings (SSSR count). The zero-order chi connectivity index (χ0) is 12.2. The van der Waals surface area contributed by atoms with E-state index in [9.17, 15) is 4.79 Å². The Kier molecular flexibility index (Phi) is 4.27. The monoisotopic (exact) mass is 226 g/mol. The van der Waals surface area contributed by atoms with Gasteiger partial charge in [0.2, 0.25) is 5.91 Å². The van der Waals surface area contributed by atoms with Crippen LogP contribution >= 0.6 is 0 Å². The second-order valence-corrected chi connectivity index (χ2v) is 4.47. The van der Waals surface area contributed by atoms with Crippen LogP contribution < -0.4 is 0 Å². The largest absolute Gasteiger partial charge is 0.378 e. The highest BCUT2D eigenvalue weighted by molar-refractivity contribution is 5.77. The summed E-state index contributed by atoms with van der Waals surface area (Å²) in [6, 6.07) is 2.02. The van der Waals surface area contributed by atoms with Crippen molar-refractivity contribution in [2.45, 2.75) is 32.0 Å². The minimum atomic E-state index is -0.497. The molecule has 0 spiro atoms. The highest BCUT2D eigenvalue weighted by Crippen LogP contribution is 2.16. The molecule has 1 heterocycles. The lowest BCUT2D eigenvalue weighted by atomic mass is 10.0. The number of hydrogen-bond acceptors (Lipinski definition) is 4. The smallest absolute Gasteiger partial charge is 0.225 e. The predicted molar refractivity (Wildman–Crippen MR) is 57.6 cm³/mol. The molecule has 90 valence electrons. The van der Waals surface area contributed by atoms with Crippen LogP contribution in [0.3, 0.4) is 0 Å². The summed E-state index contributed by atoms with van der Waals surface area (Å²) < 4.78 is 10.4. The van der Waals surface area contributed by atoms with Crippen LogP contribution in [0, 0.1) is 11.3 Å². The van der Waals surface area contributed by atoms with E-state index in [0.717, 1.165) is 0 Å². The molecule has 1 saturated heterocycles. The van der Waals surface area contributed by atoms with Crippen molar-refractivity contribution in [2.24, 2.45) is 0 Å². The molecule has 0 aliphatic carbocycles. The summed E-state index contributed by atoms with van der Waals surface area (Å²) in [5.41, 5.74) is -0.461. The maximum Gasteiger partial charge on any atom is 0.225 e. The van der Waals surface area contributed by atoms with E-state index < -0.39 is 11.7 Å². The van der Waals surface area contributed by atoms with Gasteiger partial charge >= 0.3 is 0 Å². The summed E-state index contributed by atoms with van der Waals surface area (Å²) >= 11 is 0. The lowest BCUT2D eigenvalue weighted by Gasteiger charge is -2.32. The first kappa shape index (κ1) is 12.9. The first-order valence-corrected chi connectivity index (χ1v) is 5.32. The number of hydrogen-bond donors (Lipinski definition) is 0. The van der Waals surface area contributed by atoms with Crippen LogP contribution in [-0.2, 0) is 14.3 Å². The number of nitriles is 1. The maximum absolute atomic E-state index is 11.9. The molecule has 5 heteroatoms. The molecule has 0 bridgehead atoms. The van der Waals surface area contributed by atoms with Crippen molar-refractivity contribution in [3.05, 3.63) is 0 Å². The summed E-state index contributed by atoms with van der Waals surface area (Å²) in [5.74, 6) is 0.00963. The molecule has 16 heavy (non-hydrogen) atoms. The lowest BCUT2D eigenvalue weighted by Crippen LogP contribution is -2.47. The zero-order valence-electron chi connectivity index (χ0n) is 10.0. The number of carbonyl (C=O) groups is 1. The number of morpholine rings is 1. The molecule has 0 aromatic rings. The number of carbonyl (C=O) groups excluding carboxylic acids is 1. The quantitative estimate of drug-likeness (QED) is 0.705. The van der Waals surface area contributed by atoms with Crippen LogP contribution in [0.25, 0.3) is 0 Å². The fourth-order valence-corrected chi connectivity index (χ4v) is 1.50. The SMILES string of the molecule is COC(C)(C)CC(=O)N1CCOC(C#N)C1. The van der Waals surface area contributed by atoms with Crippen molar-refractivity contribution in [3.8, 4) is 6.07 Å². The number of rotatable bonds is 3. The molecule has 1 aliphatic heterocycles. The van der Waals surface area contributed by atoms with Gasteiger partial charge in [0, 0.05) is 13.7 Å². The van der Waals surface area contributed by atoms with Gasteiger partial charge in [-0.3, -0.25) is 4.79 Å². The number of methoxy groups -OCH3 is 1. The molecule has 1 amide bonds. The highest BCUT2D eigenvalue weighted by atomic mass is 16.5. The summed E-state index contributed by atoms with van der Waals surface area (Å²) in [4.78, 5) is 13.6. The van der Waals surface area contributed by atoms with Gasteiger partial charge in [-0.1, -0.05) is 0 Å². The Labute approximate surface area is 95.9 Å². The van der Waals surface area contributed by atoms with Crippen LogP contribution in [0.1, 0.15) is 20.3 Å². The van der Waals surface area contributed by atoms with Crippen molar-refractivity contribution in [2.75, 3.05) is 26.8 Å². The Hall–Kier alpha value is -1.12. The molecule has 0 aromatic carbocycles. The maximum atomic E-state index is 11.9. The average Bonchev–Trinajstić information content (AvgIpc) is 2.28. The van der Waals surface area contributed by atoms with Gasteiger partial charge in [-0.25, -0.2) is 0 Å². The molecule has 5 nitrogen and oxygen atoms in total. The van der Waals surface area contributed by atoms with Crippen LogP contribution in [0.4, 0.5) is 0 Å². The van der Waals surface area contributed by atoms with Crippen molar-refractivity contribution in [1.29, 1.82) is 5.26 Å². The molecular formula is C11H18N2O3. The average molecular weight is 226 g/mol. The first-order chi connectivity index (χ1) is 7.48. The standard InChI is InChI=1S/C11H18N2O3/c1-11(2,15-3)6-10(14)13-4-5-16-9(7-12)8-13/h9H,4-6,8H2,1-3H3. The highest BCUT2D eigenvalue weighted by Gasteiger charge is 2.28. The fourth-order valence-electron chi connectivity index (χ4n) is 1.50. The minimum absolute atomic E-state index is 0.00963. The summed E-state index contributed by atoms with van der Waals surface area (Å²) in [5, 5.41) is 8.73. The van der Waals surface area contributed by atoms with Crippen LogP contribution in [-0.4, -0.2) is 49.3 Å². The normalized spacial score (nSPS) is 21.6. The summed E-state index contributed by atoms with van der Waals surface area (Å²) in [6.07, 6.45) is -0.176.